The molecule has 0 bridgehead atoms. The molecule has 1 saturated heterocycles. The van der Waals surface area contributed by atoms with Gasteiger partial charge in [-0.05, 0) is 30.8 Å². The van der Waals surface area contributed by atoms with Crippen LogP contribution in [0.1, 0.15) is 6.92 Å². The Morgan fingerprint density at radius 1 is 1.15 bits per heavy atom. The van der Waals surface area contributed by atoms with Crippen LogP contribution in [0.4, 0.5) is 11.5 Å². The third-order valence-electron chi connectivity index (χ3n) is 4.59. The lowest BCUT2D eigenvalue weighted by molar-refractivity contribution is -0.118. The maximum Gasteiger partial charge on any atom is 0.262 e. The van der Waals surface area contributed by atoms with Gasteiger partial charge in [-0.1, -0.05) is 13.0 Å². The molecule has 27 heavy (non-hydrogen) atoms. The van der Waals surface area contributed by atoms with Crippen molar-refractivity contribution in [3.8, 4) is 11.5 Å². The van der Waals surface area contributed by atoms with E-state index in [2.05, 4.69) is 27.0 Å². The number of pyridine rings is 1. The number of amides is 1. The maximum atomic E-state index is 12.1. The maximum absolute atomic E-state index is 12.1. The summed E-state index contributed by atoms with van der Waals surface area (Å²) in [7, 11) is 1.59. The first-order chi connectivity index (χ1) is 13.2. The summed E-state index contributed by atoms with van der Waals surface area (Å²) in [6, 6.07) is 11.0. The number of anilines is 2. The number of aromatic nitrogens is 1. The molecule has 0 radical (unpaired) electrons. The number of methoxy groups -OCH3 is 1. The molecule has 144 valence electrons. The second-order valence-electron chi connectivity index (χ2n) is 6.34. The Hall–Kier alpha value is -2.80. The van der Waals surface area contributed by atoms with Crippen molar-refractivity contribution >= 4 is 17.4 Å². The fraction of sp³-hybridized carbons (Fsp3) is 0.400. The number of carbonyl (C=O) groups excluding carboxylic acids is 1. The molecule has 1 aliphatic heterocycles. The number of hydrogen-bond acceptors (Lipinski definition) is 6. The number of piperazine rings is 1. The molecule has 0 spiro atoms. The minimum absolute atomic E-state index is 0.0755. The average molecular weight is 370 g/mol. The number of carbonyl (C=O) groups is 1. The predicted octanol–water partition coefficient (Wildman–Crippen LogP) is 2.25. The van der Waals surface area contributed by atoms with Crippen LogP contribution < -0.4 is 19.7 Å². The van der Waals surface area contributed by atoms with E-state index in [9.17, 15) is 4.79 Å². The summed E-state index contributed by atoms with van der Waals surface area (Å²) >= 11 is 0. The average Bonchev–Trinajstić information content (AvgIpc) is 2.73. The first-order valence-corrected chi connectivity index (χ1v) is 9.18. The van der Waals surface area contributed by atoms with Crippen LogP contribution in [-0.4, -0.2) is 62.2 Å². The van der Waals surface area contributed by atoms with E-state index in [1.54, 1.807) is 25.4 Å². The molecule has 1 fully saturated rings. The highest BCUT2D eigenvalue weighted by Crippen LogP contribution is 2.19. The van der Waals surface area contributed by atoms with Crippen molar-refractivity contribution in [3.63, 3.8) is 0 Å². The minimum Gasteiger partial charge on any atom is -0.497 e. The SMILES string of the molecule is CCN1CCN(c2ccc(NC(=O)COc3cccc(OC)c3)cn2)CC1. The third kappa shape index (κ3) is 5.34. The standard InChI is InChI=1S/C20H26N4O3/c1-3-23-9-11-24(12-10-23)19-8-7-16(14-21-19)22-20(25)15-27-18-6-4-5-17(13-18)26-2/h4-8,13-14H,3,9-12,15H2,1-2H3,(H,22,25). The van der Waals surface area contributed by atoms with Gasteiger partial charge in [-0.25, -0.2) is 4.98 Å². The number of nitrogens with one attached hydrogen (secondary N) is 1. The number of ether oxygens (including phenoxy) is 2. The summed E-state index contributed by atoms with van der Waals surface area (Å²) in [5, 5.41) is 2.80. The zero-order chi connectivity index (χ0) is 19.1. The Balaban J connectivity index is 1.48. The van der Waals surface area contributed by atoms with E-state index in [1.165, 1.54) is 0 Å². The van der Waals surface area contributed by atoms with Gasteiger partial charge in [-0.2, -0.15) is 0 Å². The van der Waals surface area contributed by atoms with Crippen LogP contribution in [0.2, 0.25) is 0 Å². The Bertz CT molecular complexity index is 743. The third-order valence-corrected chi connectivity index (χ3v) is 4.59. The van der Waals surface area contributed by atoms with Gasteiger partial charge in [0.05, 0.1) is 19.0 Å². The second-order valence-corrected chi connectivity index (χ2v) is 6.34. The molecule has 2 aromatic rings. The molecule has 1 N–H and O–H groups in total. The van der Waals surface area contributed by atoms with Crippen LogP contribution in [0.5, 0.6) is 11.5 Å². The van der Waals surface area contributed by atoms with Gasteiger partial charge in [0.15, 0.2) is 6.61 Å². The molecule has 0 saturated carbocycles. The highest BCUT2D eigenvalue weighted by Gasteiger charge is 2.16. The van der Waals surface area contributed by atoms with Crippen LogP contribution in [0.3, 0.4) is 0 Å². The second kappa shape index (κ2) is 9.23. The molecule has 0 aliphatic carbocycles. The van der Waals surface area contributed by atoms with E-state index in [4.69, 9.17) is 9.47 Å². The van der Waals surface area contributed by atoms with Crippen molar-refractivity contribution in [3.05, 3.63) is 42.6 Å². The summed E-state index contributed by atoms with van der Waals surface area (Å²) in [4.78, 5) is 21.3. The molecule has 7 nitrogen and oxygen atoms in total. The Labute approximate surface area is 159 Å². The van der Waals surface area contributed by atoms with Gasteiger partial charge in [-0.3, -0.25) is 4.79 Å². The molecule has 3 rings (SSSR count). The quantitative estimate of drug-likeness (QED) is 0.806. The van der Waals surface area contributed by atoms with Gasteiger partial charge < -0.3 is 24.6 Å². The zero-order valence-corrected chi connectivity index (χ0v) is 15.9. The molecular formula is C20H26N4O3. The molecule has 0 unspecified atom stereocenters. The van der Waals surface area contributed by atoms with Crippen molar-refractivity contribution in [1.82, 2.24) is 9.88 Å². The summed E-state index contributed by atoms with van der Waals surface area (Å²) in [5.41, 5.74) is 0.658. The van der Waals surface area contributed by atoms with Crippen molar-refractivity contribution in [2.45, 2.75) is 6.92 Å². The van der Waals surface area contributed by atoms with Crippen LogP contribution in [-0.2, 0) is 4.79 Å². The minimum atomic E-state index is -0.232. The fourth-order valence-corrected chi connectivity index (χ4v) is 2.98. The summed E-state index contributed by atoms with van der Waals surface area (Å²) < 4.78 is 10.6. The lowest BCUT2D eigenvalue weighted by atomic mass is 10.3. The fourth-order valence-electron chi connectivity index (χ4n) is 2.98. The Kier molecular flexibility index (Phi) is 6.49. The summed E-state index contributed by atoms with van der Waals surface area (Å²) in [5.74, 6) is 1.98. The van der Waals surface area contributed by atoms with Gasteiger partial charge >= 0.3 is 0 Å². The van der Waals surface area contributed by atoms with Crippen LogP contribution in [0, 0.1) is 0 Å². The first-order valence-electron chi connectivity index (χ1n) is 9.18. The highest BCUT2D eigenvalue weighted by atomic mass is 16.5. The lowest BCUT2D eigenvalue weighted by Crippen LogP contribution is -2.46. The van der Waals surface area contributed by atoms with Crippen molar-refractivity contribution in [1.29, 1.82) is 0 Å². The van der Waals surface area contributed by atoms with Gasteiger partial charge in [0.25, 0.3) is 5.91 Å². The molecule has 1 amide bonds. The van der Waals surface area contributed by atoms with E-state index < -0.39 is 0 Å². The Morgan fingerprint density at radius 3 is 2.59 bits per heavy atom. The highest BCUT2D eigenvalue weighted by molar-refractivity contribution is 5.91. The lowest BCUT2D eigenvalue weighted by Gasteiger charge is -2.34. The molecule has 1 aromatic carbocycles. The van der Waals surface area contributed by atoms with Crippen molar-refractivity contribution in [2.24, 2.45) is 0 Å². The molecular weight excluding hydrogens is 344 g/mol. The molecule has 7 heteroatoms. The molecule has 1 aliphatic rings. The van der Waals surface area contributed by atoms with Crippen LogP contribution >= 0.6 is 0 Å². The van der Waals surface area contributed by atoms with Crippen molar-refractivity contribution < 1.29 is 14.3 Å². The van der Waals surface area contributed by atoms with E-state index in [-0.39, 0.29) is 12.5 Å². The van der Waals surface area contributed by atoms with Gasteiger partial charge in [0.2, 0.25) is 0 Å². The first kappa shape index (κ1) is 19.0. The summed E-state index contributed by atoms with van der Waals surface area (Å²) in [6.07, 6.45) is 1.69. The van der Waals surface area contributed by atoms with Gasteiger partial charge in [0.1, 0.15) is 17.3 Å². The summed E-state index contributed by atoms with van der Waals surface area (Å²) in [6.45, 7) is 7.25. The van der Waals surface area contributed by atoms with Crippen molar-refractivity contribution in [2.75, 3.05) is 56.7 Å². The van der Waals surface area contributed by atoms with E-state index in [0.29, 0.717) is 17.2 Å². The van der Waals surface area contributed by atoms with E-state index in [1.807, 2.05) is 24.3 Å². The number of benzene rings is 1. The molecule has 0 atom stereocenters. The normalized spacial score (nSPS) is 14.7. The van der Waals surface area contributed by atoms with Crippen LogP contribution in [0.15, 0.2) is 42.6 Å². The largest absolute Gasteiger partial charge is 0.497 e. The van der Waals surface area contributed by atoms with Gasteiger partial charge in [-0.15, -0.1) is 0 Å². The molecule has 1 aromatic heterocycles. The predicted molar refractivity (Wildman–Crippen MR) is 106 cm³/mol. The smallest absolute Gasteiger partial charge is 0.262 e. The Morgan fingerprint density at radius 2 is 1.93 bits per heavy atom. The monoisotopic (exact) mass is 370 g/mol. The van der Waals surface area contributed by atoms with E-state index >= 15 is 0 Å². The van der Waals surface area contributed by atoms with E-state index in [0.717, 1.165) is 38.5 Å². The topological polar surface area (TPSA) is 66.9 Å². The number of hydrogen-bond donors (Lipinski definition) is 1. The zero-order valence-electron chi connectivity index (χ0n) is 15.9. The number of likely N-dealkylation sites (N-methyl/N-ethyl adjacent to an activating group) is 1. The van der Waals surface area contributed by atoms with Gasteiger partial charge in [0, 0.05) is 32.2 Å². The molecule has 2 heterocycles. The van der Waals surface area contributed by atoms with Crippen LogP contribution in [0.25, 0.3) is 0 Å². The number of rotatable bonds is 7. The number of nitrogens with zero attached hydrogens (tertiary/aromatic N) is 3.